The fraction of sp³-hybridized carbons (Fsp3) is 0.231. The van der Waals surface area contributed by atoms with Crippen molar-refractivity contribution in [3.8, 4) is 11.3 Å². The lowest BCUT2D eigenvalue weighted by atomic mass is 10.1. The first-order valence-corrected chi connectivity index (χ1v) is 5.74. The van der Waals surface area contributed by atoms with E-state index in [1.165, 1.54) is 18.5 Å². The third-order valence-electron chi connectivity index (χ3n) is 2.48. The minimum absolute atomic E-state index is 0.391. The van der Waals surface area contributed by atoms with E-state index in [1.807, 2.05) is 6.92 Å². The van der Waals surface area contributed by atoms with Crippen LogP contribution in [0.1, 0.15) is 12.5 Å². The summed E-state index contributed by atoms with van der Waals surface area (Å²) in [5.74, 6) is 0.539. The Kier molecular flexibility index (Phi) is 3.69. The summed E-state index contributed by atoms with van der Waals surface area (Å²) in [4.78, 5) is 8.18. The van der Waals surface area contributed by atoms with Gasteiger partial charge in [-0.3, -0.25) is 4.98 Å². The van der Waals surface area contributed by atoms with Gasteiger partial charge in [-0.1, -0.05) is 12.1 Å². The van der Waals surface area contributed by atoms with Gasteiger partial charge >= 0.3 is 6.18 Å². The van der Waals surface area contributed by atoms with E-state index in [4.69, 9.17) is 0 Å². The Labute approximate surface area is 108 Å². The summed E-state index contributed by atoms with van der Waals surface area (Å²) in [6, 6.07) is 5.04. The van der Waals surface area contributed by atoms with Crippen LogP contribution >= 0.6 is 0 Å². The Bertz CT molecular complexity index is 567. The van der Waals surface area contributed by atoms with Gasteiger partial charge in [0.25, 0.3) is 0 Å². The van der Waals surface area contributed by atoms with E-state index in [0.717, 1.165) is 12.1 Å². The molecule has 0 radical (unpaired) electrons. The number of hydrogen-bond acceptors (Lipinski definition) is 3. The Morgan fingerprint density at radius 1 is 1.21 bits per heavy atom. The molecule has 0 aliphatic carbocycles. The predicted molar refractivity (Wildman–Crippen MR) is 66.6 cm³/mol. The number of nitrogens with zero attached hydrogens (tertiary/aromatic N) is 2. The molecule has 2 aromatic rings. The lowest BCUT2D eigenvalue weighted by Crippen LogP contribution is -2.05. The molecule has 1 aromatic carbocycles. The molecule has 0 saturated carbocycles. The maximum absolute atomic E-state index is 12.6. The van der Waals surface area contributed by atoms with Crippen molar-refractivity contribution in [3.63, 3.8) is 0 Å². The van der Waals surface area contributed by atoms with Gasteiger partial charge in [-0.2, -0.15) is 13.2 Å². The average Bonchev–Trinajstić information content (AvgIpc) is 2.39. The normalized spacial score (nSPS) is 11.4. The SMILES string of the molecule is CCNc1cncc(-c2cccc(C(F)(F)F)c2)n1. The number of aromatic nitrogens is 2. The van der Waals surface area contributed by atoms with Crippen LogP contribution in [0.25, 0.3) is 11.3 Å². The molecule has 0 bridgehead atoms. The molecule has 0 fully saturated rings. The van der Waals surface area contributed by atoms with Crippen molar-refractivity contribution in [2.75, 3.05) is 11.9 Å². The first-order valence-electron chi connectivity index (χ1n) is 5.74. The van der Waals surface area contributed by atoms with E-state index in [2.05, 4.69) is 15.3 Å². The van der Waals surface area contributed by atoms with Crippen molar-refractivity contribution in [2.45, 2.75) is 13.1 Å². The molecule has 6 heteroatoms. The topological polar surface area (TPSA) is 37.8 Å². The van der Waals surface area contributed by atoms with Crippen molar-refractivity contribution in [1.29, 1.82) is 0 Å². The number of anilines is 1. The largest absolute Gasteiger partial charge is 0.416 e. The fourth-order valence-electron chi connectivity index (χ4n) is 1.63. The smallest absolute Gasteiger partial charge is 0.369 e. The van der Waals surface area contributed by atoms with Crippen LogP contribution < -0.4 is 5.32 Å². The lowest BCUT2D eigenvalue weighted by Gasteiger charge is -2.09. The summed E-state index contributed by atoms with van der Waals surface area (Å²) in [7, 11) is 0. The third-order valence-corrected chi connectivity index (χ3v) is 2.48. The van der Waals surface area contributed by atoms with Gasteiger partial charge in [0.2, 0.25) is 0 Å². The van der Waals surface area contributed by atoms with Gasteiger partial charge in [0.05, 0.1) is 23.7 Å². The Hall–Kier alpha value is -2.11. The molecular weight excluding hydrogens is 255 g/mol. The molecule has 1 N–H and O–H groups in total. The third kappa shape index (κ3) is 3.21. The standard InChI is InChI=1S/C13H12F3N3/c1-2-18-12-8-17-7-11(19-12)9-4-3-5-10(6-9)13(14,15)16/h3-8H,2H2,1H3,(H,18,19). The van der Waals surface area contributed by atoms with Crippen molar-refractivity contribution in [1.82, 2.24) is 9.97 Å². The molecule has 0 spiro atoms. The van der Waals surface area contributed by atoms with Gasteiger partial charge in [0, 0.05) is 12.1 Å². The van der Waals surface area contributed by atoms with Crippen molar-refractivity contribution < 1.29 is 13.2 Å². The van der Waals surface area contributed by atoms with Crippen molar-refractivity contribution in [3.05, 3.63) is 42.2 Å². The molecule has 1 aromatic heterocycles. The number of alkyl halides is 3. The molecule has 0 unspecified atom stereocenters. The second-order valence-corrected chi connectivity index (χ2v) is 3.90. The van der Waals surface area contributed by atoms with Crippen LogP contribution in [-0.2, 0) is 6.18 Å². The van der Waals surface area contributed by atoms with Crippen LogP contribution in [0, 0.1) is 0 Å². The predicted octanol–water partition coefficient (Wildman–Crippen LogP) is 3.59. The second kappa shape index (κ2) is 5.26. The summed E-state index contributed by atoms with van der Waals surface area (Å²) in [6.45, 7) is 2.57. The summed E-state index contributed by atoms with van der Waals surface area (Å²) < 4.78 is 37.9. The van der Waals surface area contributed by atoms with Gasteiger partial charge in [-0.05, 0) is 19.1 Å². The van der Waals surface area contributed by atoms with Gasteiger partial charge in [0.15, 0.2) is 0 Å². The molecule has 100 valence electrons. The van der Waals surface area contributed by atoms with Crippen LogP contribution in [0.5, 0.6) is 0 Å². The Morgan fingerprint density at radius 3 is 2.68 bits per heavy atom. The molecule has 2 rings (SSSR count). The van der Waals surface area contributed by atoms with E-state index in [1.54, 1.807) is 6.07 Å². The van der Waals surface area contributed by atoms with Crippen LogP contribution in [0.2, 0.25) is 0 Å². The van der Waals surface area contributed by atoms with Crippen LogP contribution in [0.15, 0.2) is 36.7 Å². The summed E-state index contributed by atoms with van der Waals surface area (Å²) in [5.41, 5.74) is 0.104. The number of hydrogen-bond donors (Lipinski definition) is 1. The van der Waals surface area contributed by atoms with E-state index in [-0.39, 0.29) is 0 Å². The highest BCUT2D eigenvalue weighted by Gasteiger charge is 2.30. The highest BCUT2D eigenvalue weighted by atomic mass is 19.4. The molecule has 0 aliphatic rings. The molecule has 3 nitrogen and oxygen atoms in total. The molecule has 0 aliphatic heterocycles. The minimum atomic E-state index is -4.36. The zero-order valence-electron chi connectivity index (χ0n) is 10.2. The van der Waals surface area contributed by atoms with E-state index in [0.29, 0.717) is 23.6 Å². The van der Waals surface area contributed by atoms with E-state index in [9.17, 15) is 13.2 Å². The summed E-state index contributed by atoms with van der Waals surface area (Å²) in [5, 5.41) is 2.97. The molecule has 19 heavy (non-hydrogen) atoms. The van der Waals surface area contributed by atoms with Gasteiger partial charge in [-0.15, -0.1) is 0 Å². The number of halogens is 3. The van der Waals surface area contributed by atoms with Crippen LogP contribution in [-0.4, -0.2) is 16.5 Å². The molecule has 1 heterocycles. The highest BCUT2D eigenvalue weighted by molar-refractivity contribution is 5.61. The molecule has 0 saturated heterocycles. The quantitative estimate of drug-likeness (QED) is 0.923. The number of nitrogens with one attached hydrogen (secondary N) is 1. The lowest BCUT2D eigenvalue weighted by molar-refractivity contribution is -0.137. The molecule has 0 amide bonds. The van der Waals surface area contributed by atoms with E-state index >= 15 is 0 Å². The maximum atomic E-state index is 12.6. The zero-order valence-corrected chi connectivity index (χ0v) is 10.2. The fourth-order valence-corrected chi connectivity index (χ4v) is 1.63. The first kappa shape index (κ1) is 13.3. The summed E-state index contributed by atoms with van der Waals surface area (Å²) >= 11 is 0. The van der Waals surface area contributed by atoms with Crippen LogP contribution in [0.3, 0.4) is 0 Å². The van der Waals surface area contributed by atoms with Crippen molar-refractivity contribution in [2.24, 2.45) is 0 Å². The Balaban J connectivity index is 2.39. The van der Waals surface area contributed by atoms with Crippen molar-refractivity contribution >= 4 is 5.82 Å². The average molecular weight is 267 g/mol. The zero-order chi connectivity index (χ0) is 13.9. The van der Waals surface area contributed by atoms with E-state index < -0.39 is 11.7 Å². The monoisotopic (exact) mass is 267 g/mol. The van der Waals surface area contributed by atoms with Gasteiger partial charge in [-0.25, -0.2) is 4.98 Å². The maximum Gasteiger partial charge on any atom is 0.416 e. The van der Waals surface area contributed by atoms with Crippen LogP contribution in [0.4, 0.5) is 19.0 Å². The second-order valence-electron chi connectivity index (χ2n) is 3.90. The highest BCUT2D eigenvalue weighted by Crippen LogP contribution is 2.31. The number of benzene rings is 1. The molecular formula is C13H12F3N3. The Morgan fingerprint density at radius 2 is 2.00 bits per heavy atom. The number of rotatable bonds is 3. The first-order chi connectivity index (χ1) is 9.00. The minimum Gasteiger partial charge on any atom is -0.369 e. The molecule has 0 atom stereocenters. The summed E-state index contributed by atoms with van der Waals surface area (Å²) in [6.07, 6.45) is -1.39. The van der Waals surface area contributed by atoms with Gasteiger partial charge in [0.1, 0.15) is 5.82 Å². The van der Waals surface area contributed by atoms with Gasteiger partial charge < -0.3 is 5.32 Å².